The molecule has 0 saturated heterocycles. The maximum Gasteiger partial charge on any atom is 0.573 e. The molecule has 0 aliphatic carbocycles. The van der Waals surface area contributed by atoms with Gasteiger partial charge < -0.3 is 10.1 Å². The number of imidazole rings is 1. The lowest BCUT2D eigenvalue weighted by Crippen LogP contribution is -2.25. The summed E-state index contributed by atoms with van der Waals surface area (Å²) in [5.74, 6) is -0.242. The maximum atomic E-state index is 12.3. The highest BCUT2D eigenvalue weighted by Gasteiger charge is 2.32. The van der Waals surface area contributed by atoms with Crippen LogP contribution in [0.4, 0.5) is 19.0 Å². The van der Waals surface area contributed by atoms with Gasteiger partial charge in [0.2, 0.25) is 5.91 Å². The smallest absolute Gasteiger partial charge is 0.406 e. The van der Waals surface area contributed by atoms with Crippen LogP contribution in [-0.4, -0.2) is 26.8 Å². The van der Waals surface area contributed by atoms with Gasteiger partial charge in [-0.15, -0.1) is 13.2 Å². The van der Waals surface area contributed by atoms with Crippen LogP contribution in [0, 0.1) is 0 Å². The number of rotatable bonds is 3. The minimum absolute atomic E-state index is 0.171. The summed E-state index contributed by atoms with van der Waals surface area (Å²) in [5.41, 5.74) is 2.09. The fourth-order valence-electron chi connectivity index (χ4n) is 3.07. The molecule has 3 aromatic rings. The summed E-state index contributed by atoms with van der Waals surface area (Å²) < 4.78 is 42.4. The molecule has 1 atom stereocenters. The second kappa shape index (κ2) is 6.42. The molecule has 27 heavy (non-hydrogen) atoms. The first-order chi connectivity index (χ1) is 12.9. The van der Waals surface area contributed by atoms with E-state index in [9.17, 15) is 18.0 Å². The number of carbonyl (C=O) groups is 1. The van der Waals surface area contributed by atoms with E-state index in [4.69, 9.17) is 0 Å². The zero-order valence-corrected chi connectivity index (χ0v) is 13.8. The molecule has 0 fully saturated rings. The molecule has 0 radical (unpaired) electrons. The van der Waals surface area contributed by atoms with Crippen LogP contribution in [0.25, 0.3) is 5.69 Å². The van der Waals surface area contributed by atoms with Crippen LogP contribution in [0.5, 0.6) is 5.75 Å². The normalized spacial score (nSPS) is 16.6. The molecular weight excluding hydrogens is 361 g/mol. The van der Waals surface area contributed by atoms with E-state index in [-0.39, 0.29) is 24.0 Å². The molecule has 1 N–H and O–H groups in total. The number of benzene rings is 1. The van der Waals surface area contributed by atoms with E-state index in [0.717, 1.165) is 5.56 Å². The number of nitrogens with zero attached hydrogens (tertiary/aromatic N) is 3. The second-order valence-electron chi connectivity index (χ2n) is 5.98. The van der Waals surface area contributed by atoms with Crippen LogP contribution in [0.1, 0.15) is 23.6 Å². The number of alkyl halides is 3. The summed E-state index contributed by atoms with van der Waals surface area (Å²) in [6, 6.07) is 9.00. The molecule has 1 amide bonds. The van der Waals surface area contributed by atoms with E-state index in [1.54, 1.807) is 23.0 Å². The lowest BCUT2D eigenvalue weighted by molar-refractivity contribution is -0.274. The van der Waals surface area contributed by atoms with Crippen molar-refractivity contribution in [1.29, 1.82) is 0 Å². The van der Waals surface area contributed by atoms with Gasteiger partial charge in [-0.1, -0.05) is 6.07 Å². The van der Waals surface area contributed by atoms with Crippen molar-refractivity contribution in [3.8, 4) is 11.4 Å². The molecule has 1 aliphatic heterocycles. The standard InChI is InChI=1S/C18H13F3N4O2/c19-18(20,21)27-13-5-3-12(4-6-13)25-10-23-16-14(8-15(26)24-17(16)25)11-2-1-7-22-9-11/h1-7,9-10,14H,8H2,(H,24,26)/t14-/m1/s1. The lowest BCUT2D eigenvalue weighted by Gasteiger charge is -2.23. The molecule has 1 aliphatic rings. The molecule has 0 unspecified atom stereocenters. The van der Waals surface area contributed by atoms with Crippen LogP contribution in [0.15, 0.2) is 55.1 Å². The number of amides is 1. The number of pyridine rings is 1. The minimum Gasteiger partial charge on any atom is -0.406 e. The van der Waals surface area contributed by atoms with E-state index in [1.165, 1.54) is 30.6 Å². The monoisotopic (exact) mass is 374 g/mol. The quantitative estimate of drug-likeness (QED) is 0.760. The van der Waals surface area contributed by atoms with Crippen LogP contribution in [-0.2, 0) is 4.79 Å². The molecule has 1 aromatic carbocycles. The van der Waals surface area contributed by atoms with Crippen LogP contribution in [0.3, 0.4) is 0 Å². The third-order valence-electron chi connectivity index (χ3n) is 4.21. The summed E-state index contributed by atoms with van der Waals surface area (Å²) in [6.45, 7) is 0. The molecular formula is C18H13F3N4O2. The zero-order chi connectivity index (χ0) is 19.0. The lowest BCUT2D eigenvalue weighted by atomic mass is 9.91. The van der Waals surface area contributed by atoms with Gasteiger partial charge in [-0.05, 0) is 35.9 Å². The molecule has 4 rings (SSSR count). The number of halogens is 3. The fraction of sp³-hybridized carbons (Fsp3) is 0.167. The highest BCUT2D eigenvalue weighted by Crippen LogP contribution is 2.37. The van der Waals surface area contributed by atoms with Crippen molar-refractivity contribution in [2.24, 2.45) is 0 Å². The maximum absolute atomic E-state index is 12.3. The van der Waals surface area contributed by atoms with E-state index in [0.29, 0.717) is 17.2 Å². The third kappa shape index (κ3) is 3.48. The SMILES string of the molecule is O=C1C[C@H](c2cccnc2)c2ncn(-c3ccc(OC(F)(F)F)cc3)c2N1. The van der Waals surface area contributed by atoms with Gasteiger partial charge in [-0.2, -0.15) is 0 Å². The van der Waals surface area contributed by atoms with Gasteiger partial charge in [0.25, 0.3) is 0 Å². The molecule has 2 aromatic heterocycles. The summed E-state index contributed by atoms with van der Waals surface area (Å²) in [6.07, 6.45) is 0.361. The van der Waals surface area contributed by atoms with Gasteiger partial charge in [0.1, 0.15) is 17.9 Å². The Kier molecular flexibility index (Phi) is 4.06. The Labute approximate surface area is 151 Å². The highest BCUT2D eigenvalue weighted by molar-refractivity contribution is 5.94. The number of hydrogen-bond acceptors (Lipinski definition) is 4. The number of aromatic nitrogens is 3. The Morgan fingerprint density at radius 1 is 1.19 bits per heavy atom. The summed E-state index contributed by atoms with van der Waals surface area (Å²) in [5, 5.41) is 2.79. The van der Waals surface area contributed by atoms with E-state index < -0.39 is 6.36 Å². The highest BCUT2D eigenvalue weighted by atomic mass is 19.4. The summed E-state index contributed by atoms with van der Waals surface area (Å²) in [7, 11) is 0. The van der Waals surface area contributed by atoms with E-state index in [1.807, 2.05) is 6.07 Å². The average molecular weight is 374 g/mol. The van der Waals surface area contributed by atoms with Crippen molar-refractivity contribution >= 4 is 11.7 Å². The molecule has 0 saturated carbocycles. The molecule has 0 spiro atoms. The van der Waals surface area contributed by atoms with Crippen molar-refractivity contribution in [2.45, 2.75) is 18.7 Å². The fourth-order valence-corrected chi connectivity index (χ4v) is 3.07. The Morgan fingerprint density at radius 3 is 2.63 bits per heavy atom. The predicted molar refractivity (Wildman–Crippen MR) is 89.6 cm³/mol. The first-order valence-electron chi connectivity index (χ1n) is 8.04. The summed E-state index contributed by atoms with van der Waals surface area (Å²) in [4.78, 5) is 20.7. The minimum atomic E-state index is -4.75. The Balaban J connectivity index is 1.69. The number of anilines is 1. The van der Waals surface area contributed by atoms with Gasteiger partial charge in [0.05, 0.1) is 5.69 Å². The number of nitrogens with one attached hydrogen (secondary N) is 1. The molecule has 6 nitrogen and oxygen atoms in total. The first kappa shape index (κ1) is 17.1. The number of hydrogen-bond donors (Lipinski definition) is 1. The van der Waals surface area contributed by atoms with Crippen LogP contribution >= 0.6 is 0 Å². The van der Waals surface area contributed by atoms with Crippen molar-refractivity contribution in [2.75, 3.05) is 5.32 Å². The van der Waals surface area contributed by atoms with Gasteiger partial charge >= 0.3 is 6.36 Å². The second-order valence-corrected chi connectivity index (χ2v) is 5.98. The molecule has 138 valence electrons. The van der Waals surface area contributed by atoms with E-state index in [2.05, 4.69) is 20.0 Å². The third-order valence-corrected chi connectivity index (χ3v) is 4.21. The Bertz CT molecular complexity index is 969. The van der Waals surface area contributed by atoms with Crippen molar-refractivity contribution < 1.29 is 22.7 Å². The molecule has 3 heterocycles. The van der Waals surface area contributed by atoms with Crippen molar-refractivity contribution in [3.63, 3.8) is 0 Å². The predicted octanol–water partition coefficient (Wildman–Crippen LogP) is 3.64. The van der Waals surface area contributed by atoms with Gasteiger partial charge in [0, 0.05) is 30.4 Å². The number of carbonyl (C=O) groups excluding carboxylic acids is 1. The number of ether oxygens (including phenoxy) is 1. The van der Waals surface area contributed by atoms with Crippen molar-refractivity contribution in [3.05, 3.63) is 66.4 Å². The molecule has 0 bridgehead atoms. The number of fused-ring (bicyclic) bond motifs is 1. The van der Waals surface area contributed by atoms with Gasteiger partial charge in [-0.3, -0.25) is 14.3 Å². The van der Waals surface area contributed by atoms with Crippen molar-refractivity contribution in [1.82, 2.24) is 14.5 Å². The van der Waals surface area contributed by atoms with E-state index >= 15 is 0 Å². The molecule has 9 heteroatoms. The Hall–Kier alpha value is -3.36. The zero-order valence-electron chi connectivity index (χ0n) is 13.8. The summed E-state index contributed by atoms with van der Waals surface area (Å²) >= 11 is 0. The van der Waals surface area contributed by atoms with Crippen LogP contribution < -0.4 is 10.1 Å². The van der Waals surface area contributed by atoms with Crippen LogP contribution in [0.2, 0.25) is 0 Å². The van der Waals surface area contributed by atoms with Gasteiger partial charge in [-0.25, -0.2) is 4.98 Å². The average Bonchev–Trinajstić information content (AvgIpc) is 3.05. The Morgan fingerprint density at radius 2 is 1.96 bits per heavy atom. The topological polar surface area (TPSA) is 69.0 Å². The largest absolute Gasteiger partial charge is 0.573 e. The van der Waals surface area contributed by atoms with Gasteiger partial charge in [0.15, 0.2) is 0 Å². The first-order valence-corrected chi connectivity index (χ1v) is 8.04.